The number of amides is 2. The molecule has 0 spiro atoms. The summed E-state index contributed by atoms with van der Waals surface area (Å²) < 4.78 is 1.78. The van der Waals surface area contributed by atoms with Gasteiger partial charge in [0.25, 0.3) is 0 Å². The quantitative estimate of drug-likeness (QED) is 0.662. The highest BCUT2D eigenvalue weighted by molar-refractivity contribution is 6.00. The molecule has 0 aliphatic heterocycles. The molecule has 0 bridgehead atoms. The predicted molar refractivity (Wildman–Crippen MR) is 104 cm³/mol. The first-order chi connectivity index (χ1) is 12.5. The smallest absolute Gasteiger partial charge is 0.307 e. The average molecular weight is 353 g/mol. The van der Waals surface area contributed by atoms with Gasteiger partial charge < -0.3 is 10.6 Å². The van der Waals surface area contributed by atoms with Crippen molar-refractivity contribution in [2.45, 2.75) is 58.9 Å². The molecule has 0 aliphatic rings. The maximum absolute atomic E-state index is 12.4. The lowest BCUT2D eigenvalue weighted by atomic mass is 9.96. The summed E-state index contributed by atoms with van der Waals surface area (Å²) >= 11 is 0. The summed E-state index contributed by atoms with van der Waals surface area (Å²) in [7, 11) is 0. The van der Waals surface area contributed by atoms with Gasteiger partial charge in [-0.3, -0.25) is 4.68 Å². The lowest BCUT2D eigenvalue weighted by Crippen LogP contribution is -2.21. The number of anilines is 2. The van der Waals surface area contributed by atoms with Crippen LogP contribution in [0.4, 0.5) is 16.2 Å². The van der Waals surface area contributed by atoms with Crippen molar-refractivity contribution in [1.29, 1.82) is 5.26 Å². The molecule has 0 unspecified atom stereocenters. The van der Waals surface area contributed by atoms with Gasteiger partial charge in [0.2, 0.25) is 0 Å². The van der Waals surface area contributed by atoms with Crippen molar-refractivity contribution in [3.8, 4) is 6.07 Å². The number of hydrogen-bond donors (Lipinski definition) is 2. The number of rotatable bonds is 8. The van der Waals surface area contributed by atoms with Crippen molar-refractivity contribution in [1.82, 2.24) is 9.78 Å². The molecule has 2 amide bonds. The van der Waals surface area contributed by atoms with Crippen LogP contribution in [-0.4, -0.2) is 15.8 Å². The standard InChI is InChI=1S/C20H27N5O/c1-4-16-9-8-10-18(15(2)3)19(16)24-20(26)23-17-13-22-25(14-17)12-7-5-6-11-21/h8-10,13-15H,4-7,12H2,1-3H3,(H2,23,24,26). The summed E-state index contributed by atoms with van der Waals surface area (Å²) in [5.41, 5.74) is 3.81. The highest BCUT2D eigenvalue weighted by atomic mass is 16.2. The Kier molecular flexibility index (Phi) is 7.22. The van der Waals surface area contributed by atoms with Crippen LogP contribution in [0.1, 0.15) is 57.1 Å². The van der Waals surface area contributed by atoms with E-state index in [0.717, 1.165) is 42.6 Å². The van der Waals surface area contributed by atoms with Crippen molar-refractivity contribution >= 4 is 17.4 Å². The normalized spacial score (nSPS) is 10.6. The predicted octanol–water partition coefficient (Wildman–Crippen LogP) is 4.91. The van der Waals surface area contributed by atoms with E-state index in [1.807, 2.05) is 12.1 Å². The van der Waals surface area contributed by atoms with Gasteiger partial charge in [0.15, 0.2) is 0 Å². The number of carbonyl (C=O) groups is 1. The molecular formula is C20H27N5O. The molecule has 0 saturated heterocycles. The van der Waals surface area contributed by atoms with Crippen LogP contribution < -0.4 is 10.6 Å². The van der Waals surface area contributed by atoms with E-state index >= 15 is 0 Å². The fraction of sp³-hybridized carbons (Fsp3) is 0.450. The number of para-hydroxylation sites is 1. The second kappa shape index (κ2) is 9.62. The van der Waals surface area contributed by atoms with Crippen molar-refractivity contribution in [3.05, 3.63) is 41.7 Å². The molecule has 0 fully saturated rings. The van der Waals surface area contributed by atoms with Gasteiger partial charge in [-0.15, -0.1) is 0 Å². The Labute approximate surface area is 155 Å². The molecule has 2 N–H and O–H groups in total. The highest BCUT2D eigenvalue weighted by Crippen LogP contribution is 2.28. The topological polar surface area (TPSA) is 82.7 Å². The molecule has 6 nitrogen and oxygen atoms in total. The van der Waals surface area contributed by atoms with Crippen LogP contribution >= 0.6 is 0 Å². The van der Waals surface area contributed by atoms with Crippen LogP contribution in [0.25, 0.3) is 0 Å². The maximum Gasteiger partial charge on any atom is 0.323 e. The Balaban J connectivity index is 1.99. The van der Waals surface area contributed by atoms with Gasteiger partial charge in [-0.25, -0.2) is 4.79 Å². The van der Waals surface area contributed by atoms with E-state index < -0.39 is 0 Å². The van der Waals surface area contributed by atoms with E-state index in [9.17, 15) is 4.79 Å². The number of nitrogens with zero attached hydrogens (tertiary/aromatic N) is 3. The van der Waals surface area contributed by atoms with Gasteiger partial charge in [-0.05, 0) is 36.3 Å². The zero-order chi connectivity index (χ0) is 18.9. The van der Waals surface area contributed by atoms with Gasteiger partial charge in [0.1, 0.15) is 0 Å². The molecule has 0 saturated carbocycles. The SMILES string of the molecule is CCc1cccc(C(C)C)c1NC(=O)Nc1cnn(CCCCC#N)c1. The highest BCUT2D eigenvalue weighted by Gasteiger charge is 2.13. The van der Waals surface area contributed by atoms with Gasteiger partial charge in [-0.2, -0.15) is 10.4 Å². The van der Waals surface area contributed by atoms with E-state index in [1.165, 1.54) is 0 Å². The molecule has 0 atom stereocenters. The summed E-state index contributed by atoms with van der Waals surface area (Å²) in [6, 6.07) is 8.00. The fourth-order valence-corrected chi connectivity index (χ4v) is 2.85. The zero-order valence-electron chi connectivity index (χ0n) is 15.7. The summed E-state index contributed by atoms with van der Waals surface area (Å²) in [6.45, 7) is 7.06. The Morgan fingerprint density at radius 2 is 2.12 bits per heavy atom. The van der Waals surface area contributed by atoms with Crippen molar-refractivity contribution in [2.75, 3.05) is 10.6 Å². The van der Waals surface area contributed by atoms with Gasteiger partial charge in [0, 0.05) is 24.8 Å². The number of aryl methyl sites for hydroxylation is 2. The molecule has 1 aromatic heterocycles. The van der Waals surface area contributed by atoms with Crippen LogP contribution in [0.5, 0.6) is 0 Å². The second-order valence-electron chi connectivity index (χ2n) is 6.58. The number of nitriles is 1. The van der Waals surface area contributed by atoms with Crippen molar-refractivity contribution in [3.63, 3.8) is 0 Å². The molecule has 0 radical (unpaired) electrons. The number of urea groups is 1. The molecule has 2 rings (SSSR count). The third kappa shape index (κ3) is 5.35. The Morgan fingerprint density at radius 3 is 2.81 bits per heavy atom. The third-order valence-corrected chi connectivity index (χ3v) is 4.24. The van der Waals surface area contributed by atoms with E-state index in [-0.39, 0.29) is 6.03 Å². The number of carbonyl (C=O) groups excluding carboxylic acids is 1. The van der Waals surface area contributed by atoms with Crippen molar-refractivity contribution < 1.29 is 4.79 Å². The Morgan fingerprint density at radius 1 is 1.31 bits per heavy atom. The van der Waals surface area contributed by atoms with Crippen LogP contribution in [0.3, 0.4) is 0 Å². The monoisotopic (exact) mass is 353 g/mol. The summed E-state index contributed by atoms with van der Waals surface area (Å²) in [5.74, 6) is 0.327. The maximum atomic E-state index is 12.4. The number of nitrogens with one attached hydrogen (secondary N) is 2. The fourth-order valence-electron chi connectivity index (χ4n) is 2.85. The van der Waals surface area contributed by atoms with Crippen LogP contribution in [-0.2, 0) is 13.0 Å². The molecule has 1 aromatic carbocycles. The van der Waals surface area contributed by atoms with Gasteiger partial charge in [0.05, 0.1) is 18.0 Å². The Hall–Kier alpha value is -2.81. The molecule has 138 valence electrons. The van der Waals surface area contributed by atoms with E-state index in [0.29, 0.717) is 18.0 Å². The first kappa shape index (κ1) is 19.5. The molecule has 26 heavy (non-hydrogen) atoms. The minimum Gasteiger partial charge on any atom is -0.307 e. The molecule has 1 heterocycles. The number of unbranched alkanes of at least 4 members (excludes halogenated alkanes) is 2. The summed E-state index contributed by atoms with van der Waals surface area (Å²) in [5, 5.41) is 18.6. The van der Waals surface area contributed by atoms with Crippen molar-refractivity contribution in [2.24, 2.45) is 0 Å². The first-order valence-corrected chi connectivity index (χ1v) is 9.14. The largest absolute Gasteiger partial charge is 0.323 e. The van der Waals surface area contributed by atoms with Crippen LogP contribution in [0.2, 0.25) is 0 Å². The minimum atomic E-state index is -0.267. The molecular weight excluding hydrogens is 326 g/mol. The van der Waals surface area contributed by atoms with Gasteiger partial charge >= 0.3 is 6.03 Å². The Bertz CT molecular complexity index is 773. The third-order valence-electron chi connectivity index (χ3n) is 4.24. The molecule has 6 heteroatoms. The van der Waals surface area contributed by atoms with Crippen LogP contribution in [0.15, 0.2) is 30.6 Å². The number of aromatic nitrogens is 2. The van der Waals surface area contributed by atoms with E-state index in [2.05, 4.69) is 48.6 Å². The second-order valence-corrected chi connectivity index (χ2v) is 6.58. The molecule has 2 aromatic rings. The van der Waals surface area contributed by atoms with E-state index in [1.54, 1.807) is 17.1 Å². The lowest BCUT2D eigenvalue weighted by Gasteiger charge is -2.17. The summed E-state index contributed by atoms with van der Waals surface area (Å²) in [6.07, 6.45) is 6.61. The molecule has 0 aliphatic carbocycles. The first-order valence-electron chi connectivity index (χ1n) is 9.14. The van der Waals surface area contributed by atoms with Gasteiger partial charge in [-0.1, -0.05) is 39.0 Å². The van der Waals surface area contributed by atoms with Crippen LogP contribution in [0, 0.1) is 11.3 Å². The lowest BCUT2D eigenvalue weighted by molar-refractivity contribution is 0.262. The van der Waals surface area contributed by atoms with E-state index in [4.69, 9.17) is 5.26 Å². The zero-order valence-corrected chi connectivity index (χ0v) is 15.7. The number of hydrogen-bond acceptors (Lipinski definition) is 3. The summed E-state index contributed by atoms with van der Waals surface area (Å²) in [4.78, 5) is 12.4. The minimum absolute atomic E-state index is 0.267. The number of benzene rings is 1. The average Bonchev–Trinajstić information content (AvgIpc) is 3.05.